The summed E-state index contributed by atoms with van der Waals surface area (Å²) < 4.78 is 50.9. The third kappa shape index (κ3) is 10.7. The maximum absolute atomic E-state index is 13.6. The van der Waals surface area contributed by atoms with Gasteiger partial charge in [-0.25, -0.2) is 13.2 Å². The molecule has 226 valence electrons. The largest absolute Gasteiger partial charge is 0.451 e. The van der Waals surface area contributed by atoms with Crippen LogP contribution in [0.4, 0.5) is 18.9 Å². The first-order valence-corrected chi connectivity index (χ1v) is 14.3. The van der Waals surface area contributed by atoms with Crippen LogP contribution in [0.15, 0.2) is 60.9 Å². The molecule has 0 amide bonds. The van der Waals surface area contributed by atoms with Crippen LogP contribution in [0, 0.1) is 29.3 Å². The lowest BCUT2D eigenvalue weighted by Gasteiger charge is -2.11. The van der Waals surface area contributed by atoms with Gasteiger partial charge in [0.2, 0.25) is 0 Å². The number of anilines is 1. The van der Waals surface area contributed by atoms with Crippen LogP contribution in [0.25, 0.3) is 0 Å². The second-order valence-corrected chi connectivity index (χ2v) is 10.7. The van der Waals surface area contributed by atoms with Gasteiger partial charge in [0.15, 0.2) is 23.1 Å². The number of ether oxygens (including phenoxy) is 2. The van der Waals surface area contributed by atoms with Crippen LogP contribution in [-0.4, -0.2) is 9.97 Å². The van der Waals surface area contributed by atoms with Gasteiger partial charge in [0, 0.05) is 17.8 Å². The molecule has 10 heteroatoms. The second kappa shape index (κ2) is 16.8. The Morgan fingerprint density at radius 1 is 0.738 bits per heavy atom. The monoisotopic (exact) mass is 621 g/mol. The maximum Gasteiger partial charge on any atom is 0.181 e. The van der Waals surface area contributed by atoms with E-state index >= 15 is 0 Å². The van der Waals surface area contributed by atoms with Crippen LogP contribution in [0.5, 0.6) is 23.0 Å². The standard InChI is InChI=1S/C15H15ClF2N2O.C15H15ClFNO.C2H6/c1-8(2)3-14-13(19)6-10(7-20-14)21-15-11(16)4-9(17)5-12(15)18;1-10(2)8-11-6-7-12(9-18-11)19-15-13(16)4-3-5-14(15)17;1-2/h4-8H,3,19H2,1-2H3;3-7,9-10H,8H2,1-2H3;1-2H3. The van der Waals surface area contributed by atoms with E-state index in [4.69, 9.17) is 38.4 Å². The van der Waals surface area contributed by atoms with E-state index in [1.165, 1.54) is 18.3 Å². The predicted octanol–water partition coefficient (Wildman–Crippen LogP) is 10.5. The van der Waals surface area contributed by atoms with Crippen molar-refractivity contribution in [1.82, 2.24) is 9.97 Å². The Morgan fingerprint density at radius 2 is 1.36 bits per heavy atom. The van der Waals surface area contributed by atoms with Gasteiger partial charge in [-0.3, -0.25) is 9.97 Å². The highest BCUT2D eigenvalue weighted by Crippen LogP contribution is 2.34. The molecule has 0 aliphatic carbocycles. The van der Waals surface area contributed by atoms with E-state index in [1.807, 2.05) is 19.9 Å². The summed E-state index contributed by atoms with van der Waals surface area (Å²) >= 11 is 11.7. The minimum absolute atomic E-state index is 0.0302. The lowest BCUT2D eigenvalue weighted by molar-refractivity contribution is 0.436. The van der Waals surface area contributed by atoms with Crippen molar-refractivity contribution in [1.29, 1.82) is 0 Å². The molecule has 0 spiro atoms. The molecule has 2 heterocycles. The molecule has 0 bridgehead atoms. The first kappa shape index (κ1) is 34.7. The molecule has 2 aromatic carbocycles. The fraction of sp³-hybridized carbons (Fsp3) is 0.312. The molecule has 4 aromatic rings. The molecular weight excluding hydrogens is 586 g/mol. The number of nitrogens with zero attached hydrogens (tertiary/aromatic N) is 2. The van der Waals surface area contributed by atoms with E-state index in [9.17, 15) is 13.2 Å². The summed E-state index contributed by atoms with van der Waals surface area (Å²) in [5, 5.41) is 0.0867. The van der Waals surface area contributed by atoms with E-state index in [1.54, 1.807) is 24.4 Å². The van der Waals surface area contributed by atoms with Crippen LogP contribution in [0.3, 0.4) is 0 Å². The second-order valence-electron chi connectivity index (χ2n) is 9.84. The quantitative estimate of drug-likeness (QED) is 0.212. The summed E-state index contributed by atoms with van der Waals surface area (Å²) in [6.07, 6.45) is 4.66. The zero-order valence-electron chi connectivity index (χ0n) is 24.5. The predicted molar refractivity (Wildman–Crippen MR) is 164 cm³/mol. The van der Waals surface area contributed by atoms with Gasteiger partial charge in [0.1, 0.15) is 17.3 Å². The number of para-hydroxylation sites is 1. The summed E-state index contributed by atoms with van der Waals surface area (Å²) in [6, 6.07) is 11.3. The molecule has 0 aliphatic rings. The van der Waals surface area contributed by atoms with Crippen molar-refractivity contribution < 1.29 is 22.6 Å². The third-order valence-electron chi connectivity index (χ3n) is 5.32. The molecule has 0 unspecified atom stereocenters. The van der Waals surface area contributed by atoms with Crippen molar-refractivity contribution in [2.24, 2.45) is 11.8 Å². The molecule has 0 radical (unpaired) electrons. The zero-order chi connectivity index (χ0) is 31.4. The van der Waals surface area contributed by atoms with Crippen molar-refractivity contribution in [3.8, 4) is 23.0 Å². The van der Waals surface area contributed by atoms with Gasteiger partial charge in [-0.2, -0.15) is 0 Å². The van der Waals surface area contributed by atoms with Crippen LogP contribution >= 0.6 is 23.2 Å². The number of pyridine rings is 2. The number of nitrogens with two attached hydrogens (primary N) is 1. The SMILES string of the molecule is CC.CC(C)Cc1ccc(Oc2c(F)cccc2Cl)cn1.CC(C)Cc1ncc(Oc2c(F)cc(F)cc2Cl)cc1N. The van der Waals surface area contributed by atoms with Crippen LogP contribution in [0.1, 0.15) is 52.9 Å². The van der Waals surface area contributed by atoms with E-state index in [-0.39, 0.29) is 27.3 Å². The van der Waals surface area contributed by atoms with Crippen molar-refractivity contribution in [3.63, 3.8) is 0 Å². The van der Waals surface area contributed by atoms with E-state index in [0.717, 1.165) is 30.3 Å². The molecule has 5 nitrogen and oxygen atoms in total. The average molecular weight is 623 g/mol. The molecule has 0 fully saturated rings. The van der Waals surface area contributed by atoms with Crippen LogP contribution in [-0.2, 0) is 12.8 Å². The van der Waals surface area contributed by atoms with Gasteiger partial charge in [-0.05, 0) is 55.0 Å². The molecule has 0 aliphatic heterocycles. The topological polar surface area (TPSA) is 70.3 Å². The van der Waals surface area contributed by atoms with Gasteiger partial charge in [0.25, 0.3) is 0 Å². The molecule has 42 heavy (non-hydrogen) atoms. The summed E-state index contributed by atoms with van der Waals surface area (Å²) in [4.78, 5) is 8.49. The van der Waals surface area contributed by atoms with Crippen molar-refractivity contribution >= 4 is 28.9 Å². The Labute approximate surface area is 255 Å². The summed E-state index contributed by atoms with van der Waals surface area (Å²) in [5.74, 6) is -0.695. The highest BCUT2D eigenvalue weighted by molar-refractivity contribution is 6.32. The molecule has 0 saturated heterocycles. The first-order chi connectivity index (χ1) is 19.9. The molecule has 2 aromatic heterocycles. The summed E-state index contributed by atoms with van der Waals surface area (Å²) in [5.41, 5.74) is 8.09. The minimum atomic E-state index is -0.884. The minimum Gasteiger partial charge on any atom is -0.451 e. The third-order valence-corrected chi connectivity index (χ3v) is 5.90. The van der Waals surface area contributed by atoms with Gasteiger partial charge in [0.05, 0.1) is 33.8 Å². The van der Waals surface area contributed by atoms with Crippen LogP contribution in [0.2, 0.25) is 10.0 Å². The normalized spacial score (nSPS) is 10.5. The van der Waals surface area contributed by atoms with E-state index in [2.05, 4.69) is 37.7 Å². The number of rotatable bonds is 8. The Hall–Kier alpha value is -3.49. The number of hydrogen-bond acceptors (Lipinski definition) is 5. The number of aromatic nitrogens is 2. The number of benzene rings is 2. The summed E-state index contributed by atoms with van der Waals surface area (Å²) in [6.45, 7) is 12.4. The Bertz CT molecular complexity index is 1390. The van der Waals surface area contributed by atoms with Crippen molar-refractivity contribution in [2.75, 3.05) is 5.73 Å². The number of halogens is 5. The summed E-state index contributed by atoms with van der Waals surface area (Å²) in [7, 11) is 0. The Balaban J connectivity index is 0.000000278. The van der Waals surface area contributed by atoms with E-state index < -0.39 is 17.5 Å². The molecule has 0 saturated carbocycles. The molecule has 2 N–H and O–H groups in total. The highest BCUT2D eigenvalue weighted by atomic mass is 35.5. The van der Waals surface area contributed by atoms with Crippen LogP contribution < -0.4 is 15.2 Å². The molecular formula is C32H36Cl2F3N3O2. The van der Waals surface area contributed by atoms with Crippen molar-refractivity contribution in [2.45, 2.75) is 54.4 Å². The first-order valence-electron chi connectivity index (χ1n) is 13.6. The zero-order valence-corrected chi connectivity index (χ0v) is 26.0. The average Bonchev–Trinajstić information content (AvgIpc) is 2.92. The maximum atomic E-state index is 13.6. The Kier molecular flexibility index (Phi) is 13.9. The van der Waals surface area contributed by atoms with E-state index in [0.29, 0.717) is 29.3 Å². The lowest BCUT2D eigenvalue weighted by atomic mass is 10.1. The van der Waals surface area contributed by atoms with Gasteiger partial charge < -0.3 is 15.2 Å². The number of nitrogen functional groups attached to an aromatic ring is 1. The van der Waals surface area contributed by atoms with Crippen molar-refractivity contribution in [3.05, 3.63) is 99.8 Å². The lowest BCUT2D eigenvalue weighted by Crippen LogP contribution is -2.03. The molecule has 4 rings (SSSR count). The fourth-order valence-corrected chi connectivity index (χ4v) is 3.99. The smallest absolute Gasteiger partial charge is 0.181 e. The Morgan fingerprint density at radius 3 is 1.90 bits per heavy atom. The van der Waals surface area contributed by atoms with Gasteiger partial charge >= 0.3 is 0 Å². The highest BCUT2D eigenvalue weighted by Gasteiger charge is 2.14. The van der Waals surface area contributed by atoms with Gasteiger partial charge in [-0.1, -0.05) is 70.8 Å². The fourth-order valence-electron chi connectivity index (χ4n) is 3.56. The number of hydrogen-bond donors (Lipinski definition) is 1. The molecule has 0 atom stereocenters. The van der Waals surface area contributed by atoms with Gasteiger partial charge in [-0.15, -0.1) is 0 Å².